The molecule has 1 N–H and O–H groups in total. The summed E-state index contributed by atoms with van der Waals surface area (Å²) >= 11 is 0. The van der Waals surface area contributed by atoms with Gasteiger partial charge in [-0.3, -0.25) is 14.4 Å². The number of rotatable bonds is 3. The Morgan fingerprint density at radius 3 is 2.58 bits per heavy atom. The lowest BCUT2D eigenvalue weighted by atomic mass is 9.97. The predicted molar refractivity (Wildman–Crippen MR) is 86.7 cm³/mol. The molecule has 2 aliphatic rings. The summed E-state index contributed by atoms with van der Waals surface area (Å²) in [6.45, 7) is 0.787. The van der Waals surface area contributed by atoms with Crippen molar-refractivity contribution in [3.63, 3.8) is 0 Å². The van der Waals surface area contributed by atoms with Gasteiger partial charge in [-0.05, 0) is 44.1 Å². The lowest BCUT2D eigenvalue weighted by Gasteiger charge is -2.30. The van der Waals surface area contributed by atoms with Crippen molar-refractivity contribution >= 4 is 11.9 Å². The quantitative estimate of drug-likeness (QED) is 0.827. The number of aromatic nitrogens is 2. The molecule has 0 radical (unpaired) electrons. The molecular weight excluding hydrogens is 310 g/mol. The summed E-state index contributed by atoms with van der Waals surface area (Å²) in [4.78, 5) is 37.2. The fourth-order valence-corrected chi connectivity index (χ4v) is 3.50. The van der Waals surface area contributed by atoms with Crippen LogP contribution >= 0.6 is 0 Å². The lowest BCUT2D eigenvalue weighted by molar-refractivity contribution is -0.145. The topological polar surface area (TPSA) is 92.5 Å². The monoisotopic (exact) mass is 333 g/mol. The highest BCUT2D eigenvalue weighted by atomic mass is 16.4. The second-order valence-corrected chi connectivity index (χ2v) is 6.67. The highest BCUT2D eigenvalue weighted by Crippen LogP contribution is 2.18. The highest BCUT2D eigenvalue weighted by Gasteiger charge is 2.27. The Balaban J connectivity index is 1.68. The number of carboxylic acids is 1. The van der Waals surface area contributed by atoms with Crippen LogP contribution in [0.4, 0.5) is 0 Å². The first kappa shape index (κ1) is 16.7. The average Bonchev–Trinajstić information content (AvgIpc) is 2.80. The molecule has 130 valence electrons. The summed E-state index contributed by atoms with van der Waals surface area (Å²) < 4.78 is 1.26. The van der Waals surface area contributed by atoms with Gasteiger partial charge in [0.2, 0.25) is 5.91 Å². The molecule has 1 fully saturated rings. The van der Waals surface area contributed by atoms with E-state index < -0.39 is 5.97 Å². The number of carbonyl (C=O) groups is 2. The second-order valence-electron chi connectivity index (χ2n) is 6.67. The molecule has 1 saturated heterocycles. The third-order valence-corrected chi connectivity index (χ3v) is 5.01. The summed E-state index contributed by atoms with van der Waals surface area (Å²) in [5, 5.41) is 13.4. The van der Waals surface area contributed by atoms with Crippen molar-refractivity contribution in [1.29, 1.82) is 0 Å². The van der Waals surface area contributed by atoms with E-state index in [0.29, 0.717) is 25.9 Å². The molecule has 1 aromatic rings. The van der Waals surface area contributed by atoms with E-state index in [0.717, 1.165) is 43.4 Å². The van der Waals surface area contributed by atoms with E-state index in [2.05, 4.69) is 5.10 Å². The van der Waals surface area contributed by atoms with Crippen LogP contribution in [0.1, 0.15) is 43.4 Å². The minimum Gasteiger partial charge on any atom is -0.481 e. The highest BCUT2D eigenvalue weighted by molar-refractivity contribution is 5.76. The van der Waals surface area contributed by atoms with Crippen LogP contribution in [-0.2, 0) is 29.0 Å². The first-order valence-electron chi connectivity index (χ1n) is 8.65. The fraction of sp³-hybridized carbons (Fsp3) is 0.647. The summed E-state index contributed by atoms with van der Waals surface area (Å²) in [6.07, 6.45) is 5.95. The van der Waals surface area contributed by atoms with Crippen molar-refractivity contribution in [3.05, 3.63) is 27.7 Å². The molecule has 0 unspecified atom stereocenters. The van der Waals surface area contributed by atoms with Gasteiger partial charge in [-0.25, -0.2) is 4.68 Å². The maximum Gasteiger partial charge on any atom is 0.306 e. The Bertz CT molecular complexity index is 690. The van der Waals surface area contributed by atoms with Crippen molar-refractivity contribution in [1.82, 2.24) is 14.7 Å². The summed E-state index contributed by atoms with van der Waals surface area (Å²) in [5.41, 5.74) is 1.72. The molecule has 1 amide bonds. The number of carboxylic acid groups (broad SMARTS) is 1. The van der Waals surface area contributed by atoms with Crippen LogP contribution in [0.5, 0.6) is 0 Å². The van der Waals surface area contributed by atoms with Gasteiger partial charge in [-0.1, -0.05) is 6.42 Å². The first-order valence-corrected chi connectivity index (χ1v) is 8.65. The Kier molecular flexibility index (Phi) is 4.97. The van der Waals surface area contributed by atoms with Gasteiger partial charge in [0.15, 0.2) is 0 Å². The van der Waals surface area contributed by atoms with Gasteiger partial charge >= 0.3 is 5.97 Å². The van der Waals surface area contributed by atoms with Crippen LogP contribution in [0.3, 0.4) is 0 Å². The van der Waals surface area contributed by atoms with Crippen molar-refractivity contribution in [2.24, 2.45) is 5.92 Å². The standard InChI is InChI=1S/C17H23N3O4/c21-15-10-13-4-2-1-3-5-14(13)18-20(15)11-16(22)19-8-6-12(7-9-19)17(23)24/h10,12H,1-9,11H2,(H,23,24). The number of hydrogen-bond donors (Lipinski definition) is 1. The Labute approximate surface area is 140 Å². The van der Waals surface area contributed by atoms with E-state index in [1.807, 2.05) is 0 Å². The van der Waals surface area contributed by atoms with Crippen LogP contribution in [0, 0.1) is 5.92 Å². The van der Waals surface area contributed by atoms with Crippen LogP contribution < -0.4 is 5.56 Å². The van der Waals surface area contributed by atoms with Gasteiger partial charge in [0.1, 0.15) is 6.54 Å². The number of fused-ring (bicyclic) bond motifs is 1. The number of aliphatic carboxylic acids is 1. The Hall–Kier alpha value is -2.18. The molecule has 7 heteroatoms. The first-order chi connectivity index (χ1) is 11.5. The van der Waals surface area contributed by atoms with E-state index in [1.54, 1.807) is 11.0 Å². The summed E-state index contributed by atoms with van der Waals surface area (Å²) in [5.74, 6) is -1.34. The molecule has 2 heterocycles. The van der Waals surface area contributed by atoms with Gasteiger partial charge in [0.05, 0.1) is 11.6 Å². The molecule has 1 aliphatic carbocycles. The summed E-state index contributed by atoms with van der Waals surface area (Å²) in [7, 11) is 0. The van der Waals surface area contributed by atoms with Gasteiger partial charge in [0, 0.05) is 19.2 Å². The third-order valence-electron chi connectivity index (χ3n) is 5.01. The largest absolute Gasteiger partial charge is 0.481 e. The van der Waals surface area contributed by atoms with Crippen LogP contribution in [0.15, 0.2) is 10.9 Å². The number of amides is 1. The molecule has 0 aromatic carbocycles. The number of aryl methyl sites for hydroxylation is 2. The van der Waals surface area contributed by atoms with E-state index in [-0.39, 0.29) is 23.9 Å². The van der Waals surface area contributed by atoms with E-state index in [1.165, 1.54) is 4.68 Å². The zero-order valence-electron chi connectivity index (χ0n) is 13.7. The number of likely N-dealkylation sites (tertiary alicyclic amines) is 1. The number of piperidine rings is 1. The maximum atomic E-state index is 12.4. The van der Waals surface area contributed by atoms with Crippen molar-refractivity contribution in [2.45, 2.75) is 51.5 Å². The number of carbonyl (C=O) groups excluding carboxylic acids is 1. The minimum atomic E-state index is -0.800. The van der Waals surface area contributed by atoms with Gasteiger partial charge < -0.3 is 10.0 Å². The molecule has 0 spiro atoms. The minimum absolute atomic E-state index is 0.0656. The number of nitrogens with zero attached hydrogens (tertiary/aromatic N) is 3. The average molecular weight is 333 g/mol. The molecule has 7 nitrogen and oxygen atoms in total. The molecule has 24 heavy (non-hydrogen) atoms. The molecule has 1 aliphatic heterocycles. The summed E-state index contributed by atoms with van der Waals surface area (Å²) in [6, 6.07) is 1.62. The van der Waals surface area contributed by atoms with Crippen LogP contribution in [-0.4, -0.2) is 44.8 Å². The maximum absolute atomic E-state index is 12.4. The van der Waals surface area contributed by atoms with Gasteiger partial charge in [-0.15, -0.1) is 0 Å². The Morgan fingerprint density at radius 2 is 1.88 bits per heavy atom. The molecule has 0 atom stereocenters. The third kappa shape index (κ3) is 3.66. The predicted octanol–water partition coefficient (Wildman–Crippen LogP) is 0.835. The van der Waals surface area contributed by atoms with Gasteiger partial charge in [-0.2, -0.15) is 5.10 Å². The fourth-order valence-electron chi connectivity index (χ4n) is 3.50. The van der Waals surface area contributed by atoms with E-state index >= 15 is 0 Å². The van der Waals surface area contributed by atoms with Crippen molar-refractivity contribution in [2.75, 3.05) is 13.1 Å². The van der Waals surface area contributed by atoms with Gasteiger partial charge in [0.25, 0.3) is 5.56 Å². The molecule has 3 rings (SSSR count). The second kappa shape index (κ2) is 7.15. The van der Waals surface area contributed by atoms with E-state index in [4.69, 9.17) is 5.11 Å². The molecule has 1 aromatic heterocycles. The molecular formula is C17H23N3O4. The number of hydrogen-bond acceptors (Lipinski definition) is 4. The normalized spacial score (nSPS) is 18.8. The molecule has 0 saturated carbocycles. The smallest absolute Gasteiger partial charge is 0.306 e. The Morgan fingerprint density at radius 1 is 1.17 bits per heavy atom. The van der Waals surface area contributed by atoms with E-state index in [9.17, 15) is 14.4 Å². The van der Waals surface area contributed by atoms with Crippen molar-refractivity contribution < 1.29 is 14.7 Å². The lowest BCUT2D eigenvalue weighted by Crippen LogP contribution is -2.43. The van der Waals surface area contributed by atoms with Crippen molar-refractivity contribution in [3.8, 4) is 0 Å². The zero-order chi connectivity index (χ0) is 17.1. The van der Waals surface area contributed by atoms with Crippen LogP contribution in [0.25, 0.3) is 0 Å². The molecule has 0 bridgehead atoms. The SMILES string of the molecule is O=C(O)C1CCN(C(=O)Cn2nc3c(cc2=O)CCCCC3)CC1. The zero-order valence-corrected chi connectivity index (χ0v) is 13.7. The van der Waals surface area contributed by atoms with Crippen LogP contribution in [0.2, 0.25) is 0 Å².